The molecule has 0 aromatic carbocycles. The van der Waals surface area contributed by atoms with E-state index in [9.17, 15) is 46.5 Å². The first-order chi connectivity index (χ1) is 28.3. The highest BCUT2D eigenvalue weighted by atomic mass is 32.2. The van der Waals surface area contributed by atoms with E-state index in [4.69, 9.17) is 33.2 Å². The van der Waals surface area contributed by atoms with Crippen LogP contribution in [0, 0.1) is 23.7 Å². The maximum Gasteiger partial charge on any atom is 0.523 e. The standard InChI is InChI=1S/C41H73F3N2O15S/c1-16-28-40(10,51)32(47)21(2)20-46(13)22(3)18-38(8,50)33(60-37-30(36(49)54-14)27(45(11)12)17-23(4)56-37)24(5)31(25(6)35(48)58-28)59-29-19-39(9,55-15)34(26(7)57-29)61-62(52,53)41(42,43)44/h21-34,37,47,50-51H,16-20H2,1-15H3/t21-,22+,23+,24-,25+,26-,27?,28+,29?,30?,31?,32?,33?,34?,37?,38?,39?,40?/m0/s1. The topological polar surface area (TPSA) is 209 Å². The van der Waals surface area contributed by atoms with E-state index in [-0.39, 0.29) is 19.4 Å². The van der Waals surface area contributed by atoms with Gasteiger partial charge in [0.1, 0.15) is 23.7 Å². The van der Waals surface area contributed by atoms with Crippen LogP contribution in [0.1, 0.15) is 94.9 Å². The van der Waals surface area contributed by atoms with Gasteiger partial charge in [-0.1, -0.05) is 20.8 Å². The van der Waals surface area contributed by atoms with Gasteiger partial charge in [-0.25, -0.2) is 0 Å². The number of ether oxygens (including phenoxy) is 7. The largest absolute Gasteiger partial charge is 0.523 e. The molecule has 0 radical (unpaired) electrons. The Bertz CT molecular complexity index is 1610. The molecule has 3 fully saturated rings. The Morgan fingerprint density at radius 1 is 0.984 bits per heavy atom. The molecular weight excluding hydrogens is 850 g/mol. The summed E-state index contributed by atoms with van der Waals surface area (Å²) in [5.41, 5.74) is -11.2. The lowest BCUT2D eigenvalue weighted by Gasteiger charge is -2.49. The first-order valence-electron chi connectivity index (χ1n) is 21.2. The average Bonchev–Trinajstić information content (AvgIpc) is 3.16. The van der Waals surface area contributed by atoms with Crippen molar-refractivity contribution in [3.05, 3.63) is 0 Å². The Kier molecular flexibility index (Phi) is 18.3. The predicted octanol–water partition coefficient (Wildman–Crippen LogP) is 3.20. The van der Waals surface area contributed by atoms with E-state index >= 15 is 0 Å². The highest BCUT2D eigenvalue weighted by molar-refractivity contribution is 7.87. The van der Waals surface area contributed by atoms with Crippen LogP contribution >= 0.6 is 0 Å². The van der Waals surface area contributed by atoms with Crippen LogP contribution in [0.2, 0.25) is 0 Å². The van der Waals surface area contributed by atoms with Crippen LogP contribution in [-0.2, 0) is 57.0 Å². The zero-order chi connectivity index (χ0) is 47.7. The van der Waals surface area contributed by atoms with Crippen LogP contribution in [0.4, 0.5) is 13.2 Å². The molecule has 0 saturated carbocycles. The summed E-state index contributed by atoms with van der Waals surface area (Å²) in [5, 5.41) is 36.0. The minimum atomic E-state index is -6.10. The molecule has 3 aliphatic heterocycles. The molecule has 0 bridgehead atoms. The summed E-state index contributed by atoms with van der Waals surface area (Å²) in [6.07, 6.45) is -11.4. The maximum absolute atomic E-state index is 14.4. The van der Waals surface area contributed by atoms with E-state index in [1.54, 1.807) is 48.8 Å². The molecule has 3 aliphatic rings. The molecule has 0 aliphatic carbocycles. The number of aliphatic hydroxyl groups excluding tert-OH is 1. The molecular formula is C41H73F3N2O15S. The number of methoxy groups -OCH3 is 2. The molecule has 62 heavy (non-hydrogen) atoms. The van der Waals surface area contributed by atoms with E-state index in [1.165, 1.54) is 34.8 Å². The van der Waals surface area contributed by atoms with Crippen LogP contribution in [-0.4, -0.2) is 177 Å². The second kappa shape index (κ2) is 20.8. The van der Waals surface area contributed by atoms with Gasteiger partial charge in [0.2, 0.25) is 0 Å². The molecule has 17 nitrogen and oxygen atoms in total. The third-order valence-electron chi connectivity index (χ3n) is 13.2. The Balaban J connectivity index is 2.26. The number of rotatable bonds is 10. The first kappa shape index (κ1) is 54.6. The lowest BCUT2D eigenvalue weighted by atomic mass is 9.78. The van der Waals surface area contributed by atoms with Gasteiger partial charge in [-0.3, -0.25) is 13.8 Å². The fraction of sp³-hybridized carbons (Fsp3) is 0.951. The number of cyclic esters (lactones) is 1. The lowest BCUT2D eigenvalue weighted by molar-refractivity contribution is -0.310. The van der Waals surface area contributed by atoms with Gasteiger partial charge in [0.15, 0.2) is 12.6 Å². The Hall–Kier alpha value is -1.76. The number of alkyl halides is 3. The molecule has 11 unspecified atom stereocenters. The van der Waals surface area contributed by atoms with Gasteiger partial charge in [0.25, 0.3) is 0 Å². The maximum atomic E-state index is 14.4. The van der Waals surface area contributed by atoms with Gasteiger partial charge < -0.3 is 58.3 Å². The number of carbonyl (C=O) groups is 2. The van der Waals surface area contributed by atoms with Crippen molar-refractivity contribution in [3.63, 3.8) is 0 Å². The van der Waals surface area contributed by atoms with Crippen LogP contribution < -0.4 is 0 Å². The van der Waals surface area contributed by atoms with Crippen molar-refractivity contribution in [1.82, 2.24) is 9.80 Å². The number of nitrogens with zero attached hydrogens (tertiary/aromatic N) is 2. The average molecular weight is 923 g/mol. The van der Waals surface area contributed by atoms with Crippen molar-refractivity contribution in [2.24, 2.45) is 23.7 Å². The Morgan fingerprint density at radius 2 is 1.58 bits per heavy atom. The number of hydrogen-bond acceptors (Lipinski definition) is 17. The van der Waals surface area contributed by atoms with Crippen LogP contribution in [0.3, 0.4) is 0 Å². The Labute approximate surface area is 365 Å². The number of halogens is 3. The summed E-state index contributed by atoms with van der Waals surface area (Å²) >= 11 is 0. The SMILES string of the molecule is CC[C@H]1OC(=O)[C@H](C)C(OC2CC(C)(OC)C(OS(=O)(=O)C(F)(F)F)[C@H](C)O2)[C@H](C)C(OC2O[C@H](C)CC(N(C)C)C2C(=O)OC)C(C)(O)C[C@@H](C)N(C)C[C@H](C)C(O)C1(C)O. The van der Waals surface area contributed by atoms with E-state index in [1.807, 2.05) is 23.6 Å². The summed E-state index contributed by atoms with van der Waals surface area (Å²) in [5.74, 6) is -5.38. The molecule has 18 atom stereocenters. The number of carbonyl (C=O) groups excluding carboxylic acids is 2. The highest BCUT2D eigenvalue weighted by Gasteiger charge is 2.57. The fourth-order valence-corrected chi connectivity index (χ4v) is 10.2. The Morgan fingerprint density at radius 3 is 2.10 bits per heavy atom. The highest BCUT2D eigenvalue weighted by Crippen LogP contribution is 2.42. The predicted molar refractivity (Wildman–Crippen MR) is 218 cm³/mol. The monoisotopic (exact) mass is 922 g/mol. The zero-order valence-corrected chi connectivity index (χ0v) is 39.7. The molecule has 21 heteroatoms. The van der Waals surface area contributed by atoms with Gasteiger partial charge in [-0.2, -0.15) is 21.6 Å². The third-order valence-corrected chi connectivity index (χ3v) is 14.3. The van der Waals surface area contributed by atoms with E-state index in [0.717, 1.165) is 7.11 Å². The van der Waals surface area contributed by atoms with Crippen molar-refractivity contribution in [2.75, 3.05) is 41.9 Å². The number of aliphatic hydroxyl groups is 3. The van der Waals surface area contributed by atoms with Crippen LogP contribution in [0.25, 0.3) is 0 Å². The zero-order valence-electron chi connectivity index (χ0n) is 38.9. The molecule has 0 aromatic heterocycles. The second-order valence-corrected chi connectivity index (χ2v) is 20.2. The van der Waals surface area contributed by atoms with Crippen LogP contribution in [0.5, 0.6) is 0 Å². The lowest BCUT2D eigenvalue weighted by Crippen LogP contribution is -2.61. The summed E-state index contributed by atoms with van der Waals surface area (Å²) in [7, 11) is 1.71. The van der Waals surface area contributed by atoms with E-state index in [2.05, 4.69) is 4.18 Å². The van der Waals surface area contributed by atoms with E-state index in [0.29, 0.717) is 6.42 Å². The fourth-order valence-electron chi connectivity index (χ4n) is 9.44. The summed E-state index contributed by atoms with van der Waals surface area (Å²) in [6, 6.07) is -0.826. The smallest absolute Gasteiger partial charge is 0.469 e. The van der Waals surface area contributed by atoms with Crippen LogP contribution in [0.15, 0.2) is 0 Å². The molecule has 0 amide bonds. The van der Waals surface area contributed by atoms with Gasteiger partial charge in [-0.05, 0) is 94.8 Å². The molecule has 3 saturated heterocycles. The minimum Gasteiger partial charge on any atom is -0.469 e. The molecule has 3 N–H and O–H groups in total. The summed E-state index contributed by atoms with van der Waals surface area (Å²) in [6.45, 7) is 16.0. The first-order valence-corrected chi connectivity index (χ1v) is 22.6. The van der Waals surface area contributed by atoms with Gasteiger partial charge in [0, 0.05) is 38.1 Å². The molecule has 3 rings (SSSR count). The molecule has 3 heterocycles. The quantitative estimate of drug-likeness (QED) is 0.163. The van der Waals surface area contributed by atoms with Crippen molar-refractivity contribution in [1.29, 1.82) is 0 Å². The summed E-state index contributed by atoms with van der Waals surface area (Å²) < 4.78 is 112. The second-order valence-electron chi connectivity index (χ2n) is 18.7. The van der Waals surface area contributed by atoms with Crippen molar-refractivity contribution in [3.8, 4) is 0 Å². The van der Waals surface area contributed by atoms with Crippen molar-refractivity contribution < 1.29 is 83.8 Å². The normalized spacial score (nSPS) is 44.0. The number of hydrogen-bond donors (Lipinski definition) is 3. The third kappa shape index (κ3) is 12.2. The van der Waals surface area contributed by atoms with Gasteiger partial charge in [0.05, 0.1) is 54.7 Å². The molecule has 0 aromatic rings. The summed E-state index contributed by atoms with van der Waals surface area (Å²) in [4.78, 5) is 31.7. The molecule has 364 valence electrons. The van der Waals surface area contributed by atoms with Crippen molar-refractivity contribution in [2.45, 2.75) is 185 Å². The van der Waals surface area contributed by atoms with Crippen molar-refractivity contribution >= 4 is 22.1 Å². The van der Waals surface area contributed by atoms with Gasteiger partial charge >= 0.3 is 27.6 Å². The van der Waals surface area contributed by atoms with Gasteiger partial charge in [-0.15, -0.1) is 0 Å². The van der Waals surface area contributed by atoms with E-state index < -0.39 is 142 Å². The minimum absolute atomic E-state index is 0.0223. The number of esters is 2. The molecule has 0 spiro atoms.